The Morgan fingerprint density at radius 3 is 2.79 bits per heavy atom. The Labute approximate surface area is 118 Å². The summed E-state index contributed by atoms with van der Waals surface area (Å²) >= 11 is 4.27. The van der Waals surface area contributed by atoms with Crippen LogP contribution in [0.1, 0.15) is 22.3 Å². The van der Waals surface area contributed by atoms with E-state index in [1.807, 2.05) is 19.1 Å². The van der Waals surface area contributed by atoms with Crippen LogP contribution in [0.15, 0.2) is 23.1 Å². The Balaban J connectivity index is 2.23. The number of benzene rings is 1. The van der Waals surface area contributed by atoms with Crippen molar-refractivity contribution in [3.63, 3.8) is 0 Å². The summed E-state index contributed by atoms with van der Waals surface area (Å²) in [5.41, 5.74) is 1.54. The molecule has 0 saturated carbocycles. The molecule has 0 radical (unpaired) electrons. The van der Waals surface area contributed by atoms with E-state index < -0.39 is 0 Å². The van der Waals surface area contributed by atoms with Gasteiger partial charge in [-0.15, -0.1) is 12.6 Å². The molecule has 4 nitrogen and oxygen atoms in total. The number of hydrogen-bond acceptors (Lipinski definition) is 3. The molecule has 0 unspecified atom stereocenters. The van der Waals surface area contributed by atoms with Crippen LogP contribution in [0.4, 0.5) is 0 Å². The zero-order chi connectivity index (χ0) is 14.0. The van der Waals surface area contributed by atoms with Gasteiger partial charge in [-0.25, -0.2) is 0 Å². The van der Waals surface area contributed by atoms with E-state index in [0.29, 0.717) is 18.7 Å². The molecule has 1 aromatic rings. The predicted molar refractivity (Wildman–Crippen MR) is 76.6 cm³/mol. The summed E-state index contributed by atoms with van der Waals surface area (Å²) in [7, 11) is 1.77. The number of rotatable bonds is 1. The first-order chi connectivity index (χ1) is 8.99. The van der Waals surface area contributed by atoms with Gasteiger partial charge in [0.15, 0.2) is 0 Å². The normalized spacial score (nSPS) is 16.5. The Kier molecular flexibility index (Phi) is 4.14. The van der Waals surface area contributed by atoms with Crippen molar-refractivity contribution in [2.75, 3.05) is 26.7 Å². The number of aryl methyl sites for hydroxylation is 1. The SMILES string of the molecule is Cc1ccc(S)cc1C(=O)N1CCCN(C)C(=O)C1. The van der Waals surface area contributed by atoms with Gasteiger partial charge in [0.05, 0.1) is 0 Å². The zero-order valence-electron chi connectivity index (χ0n) is 11.2. The quantitative estimate of drug-likeness (QED) is 0.793. The minimum atomic E-state index is -0.0861. The van der Waals surface area contributed by atoms with E-state index in [1.54, 1.807) is 22.9 Å². The Morgan fingerprint density at radius 1 is 1.32 bits per heavy atom. The fraction of sp³-hybridized carbons (Fsp3) is 0.429. The molecule has 0 aromatic heterocycles. The van der Waals surface area contributed by atoms with Gasteiger partial charge in [-0.3, -0.25) is 9.59 Å². The third-order valence-corrected chi connectivity index (χ3v) is 3.69. The van der Waals surface area contributed by atoms with E-state index in [4.69, 9.17) is 0 Å². The van der Waals surface area contributed by atoms with Gasteiger partial charge in [0.1, 0.15) is 6.54 Å². The number of nitrogens with zero attached hydrogens (tertiary/aromatic N) is 2. The molecule has 0 aliphatic carbocycles. The number of amides is 2. The van der Waals surface area contributed by atoms with Crippen LogP contribution in [0.3, 0.4) is 0 Å². The van der Waals surface area contributed by atoms with Crippen LogP contribution < -0.4 is 0 Å². The fourth-order valence-corrected chi connectivity index (χ4v) is 2.37. The van der Waals surface area contributed by atoms with Crippen molar-refractivity contribution in [1.82, 2.24) is 9.80 Å². The van der Waals surface area contributed by atoms with Gasteiger partial charge in [-0.05, 0) is 31.0 Å². The van der Waals surface area contributed by atoms with Crippen LogP contribution in [-0.4, -0.2) is 48.3 Å². The van der Waals surface area contributed by atoms with Crippen LogP contribution in [0.25, 0.3) is 0 Å². The number of likely N-dealkylation sites (N-methyl/N-ethyl adjacent to an activating group) is 1. The molecule has 2 amide bonds. The topological polar surface area (TPSA) is 40.6 Å². The van der Waals surface area contributed by atoms with Crippen LogP contribution in [0, 0.1) is 6.92 Å². The number of thiol groups is 1. The Bertz CT molecular complexity index is 516. The van der Waals surface area contributed by atoms with Crippen molar-refractivity contribution in [2.45, 2.75) is 18.2 Å². The summed E-state index contributed by atoms with van der Waals surface area (Å²) in [5.74, 6) is -0.0948. The van der Waals surface area contributed by atoms with Crippen LogP contribution in [0.5, 0.6) is 0 Å². The highest BCUT2D eigenvalue weighted by atomic mass is 32.1. The number of hydrogen-bond donors (Lipinski definition) is 1. The molecule has 0 spiro atoms. The average Bonchev–Trinajstić information content (AvgIpc) is 2.54. The lowest BCUT2D eigenvalue weighted by atomic mass is 10.1. The van der Waals surface area contributed by atoms with Crippen molar-refractivity contribution < 1.29 is 9.59 Å². The van der Waals surface area contributed by atoms with Gasteiger partial charge in [0.25, 0.3) is 5.91 Å². The maximum Gasteiger partial charge on any atom is 0.254 e. The smallest absolute Gasteiger partial charge is 0.254 e. The molecular weight excluding hydrogens is 260 g/mol. The van der Waals surface area contributed by atoms with E-state index in [2.05, 4.69) is 12.6 Å². The first kappa shape index (κ1) is 13.9. The standard InChI is InChI=1S/C14H18N2O2S/c1-10-4-5-11(19)8-12(10)14(18)16-7-3-6-15(2)13(17)9-16/h4-5,8,19H,3,6-7,9H2,1-2H3. The minimum absolute atomic E-state index is 0.00877. The first-order valence-corrected chi connectivity index (χ1v) is 6.76. The van der Waals surface area contributed by atoms with Gasteiger partial charge in [0, 0.05) is 30.6 Å². The van der Waals surface area contributed by atoms with E-state index in [9.17, 15) is 9.59 Å². The predicted octanol–water partition coefficient (Wildman–Crippen LogP) is 1.59. The minimum Gasteiger partial charge on any atom is -0.344 e. The number of carbonyl (C=O) groups excluding carboxylic acids is 2. The van der Waals surface area contributed by atoms with Gasteiger partial charge >= 0.3 is 0 Å². The third-order valence-electron chi connectivity index (χ3n) is 3.41. The fourth-order valence-electron chi connectivity index (χ4n) is 2.17. The lowest BCUT2D eigenvalue weighted by Gasteiger charge is -2.21. The molecule has 5 heteroatoms. The second kappa shape index (κ2) is 5.65. The third kappa shape index (κ3) is 3.10. The highest BCUT2D eigenvalue weighted by molar-refractivity contribution is 7.80. The maximum absolute atomic E-state index is 12.5. The summed E-state index contributed by atoms with van der Waals surface area (Å²) in [6, 6.07) is 5.50. The molecule has 0 bridgehead atoms. The molecule has 2 rings (SSSR count). The van der Waals surface area contributed by atoms with E-state index >= 15 is 0 Å². The van der Waals surface area contributed by atoms with E-state index in [1.165, 1.54) is 0 Å². The Morgan fingerprint density at radius 2 is 2.05 bits per heavy atom. The summed E-state index contributed by atoms with van der Waals surface area (Å²) < 4.78 is 0. The molecule has 1 fully saturated rings. The van der Waals surface area contributed by atoms with Crippen molar-refractivity contribution in [3.05, 3.63) is 29.3 Å². The molecule has 1 saturated heterocycles. The largest absolute Gasteiger partial charge is 0.344 e. The van der Waals surface area contributed by atoms with Crippen LogP contribution in [0.2, 0.25) is 0 Å². The molecule has 1 heterocycles. The van der Waals surface area contributed by atoms with E-state index in [-0.39, 0.29) is 18.4 Å². The van der Waals surface area contributed by atoms with Crippen molar-refractivity contribution in [1.29, 1.82) is 0 Å². The summed E-state index contributed by atoms with van der Waals surface area (Å²) in [6.45, 7) is 3.37. The first-order valence-electron chi connectivity index (χ1n) is 6.32. The molecule has 0 N–H and O–H groups in total. The highest BCUT2D eigenvalue weighted by Gasteiger charge is 2.24. The summed E-state index contributed by atoms with van der Waals surface area (Å²) in [6.07, 6.45) is 0.813. The molecule has 0 atom stereocenters. The lowest BCUT2D eigenvalue weighted by molar-refractivity contribution is -0.129. The van der Waals surface area contributed by atoms with Crippen LogP contribution in [-0.2, 0) is 4.79 Å². The summed E-state index contributed by atoms with van der Waals surface area (Å²) in [4.78, 5) is 28.4. The molecule has 102 valence electrons. The van der Waals surface area contributed by atoms with Crippen molar-refractivity contribution in [3.8, 4) is 0 Å². The van der Waals surface area contributed by atoms with Crippen molar-refractivity contribution >= 4 is 24.4 Å². The van der Waals surface area contributed by atoms with Gasteiger partial charge in [-0.2, -0.15) is 0 Å². The second-order valence-electron chi connectivity index (χ2n) is 4.89. The summed E-state index contributed by atoms with van der Waals surface area (Å²) in [5, 5.41) is 0. The second-order valence-corrected chi connectivity index (χ2v) is 5.41. The maximum atomic E-state index is 12.5. The highest BCUT2D eigenvalue weighted by Crippen LogP contribution is 2.17. The van der Waals surface area contributed by atoms with E-state index in [0.717, 1.165) is 16.9 Å². The van der Waals surface area contributed by atoms with Crippen molar-refractivity contribution in [2.24, 2.45) is 0 Å². The lowest BCUT2D eigenvalue weighted by Crippen LogP contribution is -2.38. The average molecular weight is 278 g/mol. The molecular formula is C14H18N2O2S. The Hall–Kier alpha value is -1.49. The monoisotopic (exact) mass is 278 g/mol. The molecule has 1 aliphatic rings. The van der Waals surface area contributed by atoms with Crippen LogP contribution >= 0.6 is 12.6 Å². The molecule has 19 heavy (non-hydrogen) atoms. The molecule has 1 aliphatic heterocycles. The zero-order valence-corrected chi connectivity index (χ0v) is 12.1. The molecule has 1 aromatic carbocycles. The number of carbonyl (C=O) groups is 2. The van der Waals surface area contributed by atoms with Gasteiger partial charge in [-0.1, -0.05) is 6.07 Å². The van der Waals surface area contributed by atoms with Gasteiger partial charge < -0.3 is 9.80 Å². The van der Waals surface area contributed by atoms with Gasteiger partial charge in [0.2, 0.25) is 5.91 Å².